The molecule has 0 heterocycles. The Hall–Kier alpha value is -2.43. The van der Waals surface area contributed by atoms with E-state index in [1.54, 1.807) is 0 Å². The average molecular weight is 272 g/mol. The molecule has 0 saturated heterocycles. The number of aryl methyl sites for hydroxylation is 1. The fraction of sp³-hybridized carbons (Fsp3) is 0.200. The maximum absolute atomic E-state index is 13.1. The van der Waals surface area contributed by atoms with Crippen molar-refractivity contribution >= 4 is 11.4 Å². The highest BCUT2D eigenvalue weighted by Gasteiger charge is 2.24. The van der Waals surface area contributed by atoms with E-state index in [-0.39, 0.29) is 11.7 Å². The van der Waals surface area contributed by atoms with E-state index in [9.17, 15) is 14.5 Å². The minimum Gasteiger partial charge on any atom is -0.373 e. The lowest BCUT2D eigenvalue weighted by molar-refractivity contribution is -0.384. The molecule has 2 aromatic rings. The largest absolute Gasteiger partial charge is 0.373 e. The second kappa shape index (κ2) is 4.92. The van der Waals surface area contributed by atoms with Crippen molar-refractivity contribution in [2.45, 2.75) is 18.9 Å². The zero-order valence-corrected chi connectivity index (χ0v) is 10.7. The van der Waals surface area contributed by atoms with E-state index in [0.717, 1.165) is 24.5 Å². The van der Waals surface area contributed by atoms with Crippen LogP contribution in [0.1, 0.15) is 23.6 Å². The van der Waals surface area contributed by atoms with Gasteiger partial charge in [-0.25, -0.2) is 4.39 Å². The van der Waals surface area contributed by atoms with Gasteiger partial charge in [-0.05, 0) is 36.1 Å². The van der Waals surface area contributed by atoms with Crippen LogP contribution in [0.25, 0.3) is 0 Å². The van der Waals surface area contributed by atoms with Gasteiger partial charge in [0.1, 0.15) is 11.5 Å². The topological polar surface area (TPSA) is 55.2 Å². The second-order valence-electron chi connectivity index (χ2n) is 4.85. The molecule has 2 aromatic carbocycles. The zero-order chi connectivity index (χ0) is 14.1. The fourth-order valence-corrected chi connectivity index (χ4v) is 2.67. The maximum atomic E-state index is 13.1. The predicted molar refractivity (Wildman–Crippen MR) is 74.2 cm³/mol. The smallest absolute Gasteiger partial charge is 0.295 e. The lowest BCUT2D eigenvalue weighted by Crippen LogP contribution is -2.09. The Morgan fingerprint density at radius 1 is 1.25 bits per heavy atom. The summed E-state index contributed by atoms with van der Waals surface area (Å²) in [5.41, 5.74) is 2.55. The number of rotatable bonds is 3. The van der Waals surface area contributed by atoms with Gasteiger partial charge < -0.3 is 5.32 Å². The third-order valence-electron chi connectivity index (χ3n) is 3.62. The van der Waals surface area contributed by atoms with Gasteiger partial charge in [0.15, 0.2) is 0 Å². The summed E-state index contributed by atoms with van der Waals surface area (Å²) in [6.45, 7) is 0. The fourth-order valence-electron chi connectivity index (χ4n) is 2.67. The van der Waals surface area contributed by atoms with Crippen molar-refractivity contribution in [3.63, 3.8) is 0 Å². The minimum absolute atomic E-state index is 0.0374. The lowest BCUT2D eigenvalue weighted by atomic mass is 10.1. The molecule has 0 fully saturated rings. The third-order valence-corrected chi connectivity index (χ3v) is 3.62. The normalized spacial score (nSPS) is 16.8. The quantitative estimate of drug-likeness (QED) is 0.682. The third kappa shape index (κ3) is 2.22. The molecule has 0 saturated carbocycles. The summed E-state index contributed by atoms with van der Waals surface area (Å²) < 4.78 is 13.1. The van der Waals surface area contributed by atoms with Crippen LogP contribution >= 0.6 is 0 Å². The predicted octanol–water partition coefficient (Wildman–Crippen LogP) is 3.83. The van der Waals surface area contributed by atoms with Gasteiger partial charge in [-0.1, -0.05) is 24.3 Å². The van der Waals surface area contributed by atoms with Crippen molar-refractivity contribution in [1.82, 2.24) is 0 Å². The molecule has 3 rings (SSSR count). The Balaban J connectivity index is 1.92. The SMILES string of the molecule is O=[N+]([O-])c1cc(F)ccc1NC1CCc2ccccc21. The number of benzene rings is 2. The first-order valence-electron chi connectivity index (χ1n) is 6.43. The molecule has 1 aliphatic carbocycles. The van der Waals surface area contributed by atoms with Crippen LogP contribution in [0.15, 0.2) is 42.5 Å². The molecule has 0 spiro atoms. The van der Waals surface area contributed by atoms with Crippen LogP contribution in [0, 0.1) is 15.9 Å². The standard InChI is InChI=1S/C15H13FN2O2/c16-11-6-8-14(15(9-11)18(19)20)17-13-7-5-10-3-1-2-4-12(10)13/h1-4,6,8-9,13,17H,5,7H2. The molecule has 5 heteroatoms. The first-order valence-corrected chi connectivity index (χ1v) is 6.43. The summed E-state index contributed by atoms with van der Waals surface area (Å²) in [6, 6.07) is 11.7. The number of nitrogens with one attached hydrogen (secondary N) is 1. The second-order valence-corrected chi connectivity index (χ2v) is 4.85. The van der Waals surface area contributed by atoms with Gasteiger partial charge in [0.05, 0.1) is 17.0 Å². The molecule has 1 N–H and O–H groups in total. The van der Waals surface area contributed by atoms with Gasteiger partial charge in [0, 0.05) is 0 Å². The summed E-state index contributed by atoms with van der Waals surface area (Å²) in [5.74, 6) is -0.603. The van der Waals surface area contributed by atoms with Crippen molar-refractivity contribution in [2.75, 3.05) is 5.32 Å². The van der Waals surface area contributed by atoms with Gasteiger partial charge in [-0.2, -0.15) is 0 Å². The van der Waals surface area contributed by atoms with E-state index in [1.807, 2.05) is 18.2 Å². The molecule has 1 unspecified atom stereocenters. The molecule has 20 heavy (non-hydrogen) atoms. The summed E-state index contributed by atoms with van der Waals surface area (Å²) in [6.07, 6.45) is 1.83. The van der Waals surface area contributed by atoms with Gasteiger partial charge >= 0.3 is 0 Å². The highest BCUT2D eigenvalue weighted by atomic mass is 19.1. The van der Waals surface area contributed by atoms with Crippen LogP contribution in [-0.4, -0.2) is 4.92 Å². The molecule has 0 radical (unpaired) electrons. The maximum Gasteiger partial charge on any atom is 0.295 e. The Morgan fingerprint density at radius 2 is 2.05 bits per heavy atom. The number of halogens is 1. The number of nitrogens with zero attached hydrogens (tertiary/aromatic N) is 1. The van der Waals surface area contributed by atoms with Gasteiger partial charge in [0.25, 0.3) is 5.69 Å². The van der Waals surface area contributed by atoms with Crippen LogP contribution in [-0.2, 0) is 6.42 Å². The monoisotopic (exact) mass is 272 g/mol. The molecule has 0 aliphatic heterocycles. The Labute approximate surface area is 115 Å². The molecular weight excluding hydrogens is 259 g/mol. The zero-order valence-electron chi connectivity index (χ0n) is 10.7. The summed E-state index contributed by atoms with van der Waals surface area (Å²) in [5, 5.41) is 14.2. The molecule has 0 aromatic heterocycles. The van der Waals surface area contributed by atoms with E-state index in [0.29, 0.717) is 5.69 Å². The van der Waals surface area contributed by atoms with Crippen molar-refractivity contribution in [1.29, 1.82) is 0 Å². The van der Waals surface area contributed by atoms with Crippen LogP contribution in [0.4, 0.5) is 15.8 Å². The van der Waals surface area contributed by atoms with E-state index >= 15 is 0 Å². The highest BCUT2D eigenvalue weighted by Crippen LogP contribution is 2.36. The minimum atomic E-state index is -0.603. The number of nitro groups is 1. The van der Waals surface area contributed by atoms with Crippen molar-refractivity contribution < 1.29 is 9.31 Å². The van der Waals surface area contributed by atoms with Gasteiger partial charge in [-0.3, -0.25) is 10.1 Å². The van der Waals surface area contributed by atoms with Crippen LogP contribution in [0.3, 0.4) is 0 Å². The van der Waals surface area contributed by atoms with Gasteiger partial charge in [0.2, 0.25) is 0 Å². The van der Waals surface area contributed by atoms with Crippen LogP contribution in [0.5, 0.6) is 0 Å². The molecule has 102 valence electrons. The number of fused-ring (bicyclic) bond motifs is 1. The van der Waals surface area contributed by atoms with Crippen molar-refractivity contribution in [3.05, 3.63) is 69.5 Å². The molecule has 4 nitrogen and oxygen atoms in total. The number of nitro benzene ring substituents is 1. The van der Waals surface area contributed by atoms with E-state index in [2.05, 4.69) is 11.4 Å². The van der Waals surface area contributed by atoms with Gasteiger partial charge in [-0.15, -0.1) is 0 Å². The Bertz CT molecular complexity index is 673. The molecule has 0 amide bonds. The first kappa shape index (κ1) is 12.6. The summed E-state index contributed by atoms with van der Waals surface area (Å²) in [4.78, 5) is 10.4. The van der Waals surface area contributed by atoms with Crippen LogP contribution < -0.4 is 5.32 Å². The Kier molecular flexibility index (Phi) is 3.10. The lowest BCUT2D eigenvalue weighted by Gasteiger charge is -2.15. The number of anilines is 1. The molecule has 1 atom stereocenters. The van der Waals surface area contributed by atoms with Crippen LogP contribution in [0.2, 0.25) is 0 Å². The number of hydrogen-bond donors (Lipinski definition) is 1. The van der Waals surface area contributed by atoms with Crippen molar-refractivity contribution in [2.24, 2.45) is 0 Å². The summed E-state index contributed by atoms with van der Waals surface area (Å²) in [7, 11) is 0. The molecular formula is C15H13FN2O2. The summed E-state index contributed by atoms with van der Waals surface area (Å²) >= 11 is 0. The van der Waals surface area contributed by atoms with E-state index < -0.39 is 10.7 Å². The Morgan fingerprint density at radius 3 is 2.85 bits per heavy atom. The van der Waals surface area contributed by atoms with Crippen molar-refractivity contribution in [3.8, 4) is 0 Å². The molecule has 1 aliphatic rings. The molecule has 0 bridgehead atoms. The van der Waals surface area contributed by atoms with E-state index in [1.165, 1.54) is 17.7 Å². The van der Waals surface area contributed by atoms with E-state index in [4.69, 9.17) is 0 Å². The first-order chi connectivity index (χ1) is 9.65. The average Bonchev–Trinajstić information content (AvgIpc) is 2.84. The highest BCUT2D eigenvalue weighted by molar-refractivity contribution is 5.62. The number of hydrogen-bond acceptors (Lipinski definition) is 3.